The second-order valence-electron chi connectivity index (χ2n) is 28.9. The van der Waals surface area contributed by atoms with Gasteiger partial charge in [0.15, 0.2) is 57.5 Å². The number of hydrogen-bond acceptors (Lipinski definition) is 20. The summed E-state index contributed by atoms with van der Waals surface area (Å²) in [4.78, 5) is 2.23. The zero-order valence-electron chi connectivity index (χ0n) is 143. The Hall–Kier alpha value is -6.30. The SMILES string of the molecule is [2H]c1c2c(c([2H])c(OC([2H])([2H])[2H])c1OC)C1([2H])N(CC2)C([2H])([2H])C([2H])(C([2H])([2H])C(C)(C([2H])([2H])[2H])C([2H])([2H])[2H])C([2H])(O)C1([2H])[2H].[2H]c1c2c(c([2H])c(OC([2H])([2H])[2H])c1OC)C1([2H])N(CC2)C([2H])([2H])C([2H])(CC(C)C)C([2H])(O)C1([2H])[2H].[2H]c1c2c(c([2H])c(OC)c1OC)C1([2H])N(CC2)C([2H])([2H])C([2H])(C([2H])([2H])C(C)(C([2H])([2H])[2H])C([2H])([2H])[2H])C([2H])(O)C1([2H])[2H].[2H]c1c2c(c([2H])c(OC)c1OC)C1([2H])N(CC2)C([2H])([2H])C([2H])(C([2H])([2H])C(C)(C([2H])([2H])[2H])C([2H])([2H])[2H])C([2H])(O)C1([2H])[2H].[2H]c1c2c(c([2H])c(OC)c1OC)C1([2H])N(CC2)C([2H])([2H])C([2H])(CC(C)C)C([2H])(O)C1([2H])[2H]. The lowest BCUT2D eigenvalue weighted by molar-refractivity contribution is -0.0259. The lowest BCUT2D eigenvalue weighted by Crippen LogP contribution is -2.48. The average Bonchev–Trinajstić information content (AvgIpc) is 0.642. The van der Waals surface area contributed by atoms with E-state index in [1.54, 1.807) is 27.7 Å². The maximum atomic E-state index is 11.6. The maximum Gasteiger partial charge on any atom is 0.161 e. The van der Waals surface area contributed by atoms with Crippen LogP contribution in [0, 0.1) is 57.6 Å². The molecule has 10 aliphatic rings. The van der Waals surface area contributed by atoms with Crippen LogP contribution in [0.25, 0.3) is 0 Å². The van der Waals surface area contributed by atoms with Crippen LogP contribution in [0.1, 0.15) is 342 Å². The van der Waals surface area contributed by atoms with E-state index in [9.17, 15) is 32.4 Å². The van der Waals surface area contributed by atoms with E-state index < -0.39 is 394 Å². The predicted molar refractivity (Wildman–Crippen MR) is 470 cm³/mol. The molecular formula is C98H151N5O15. The summed E-state index contributed by atoms with van der Waals surface area (Å²) in [7, 11) is 2.75. The third-order valence-electron chi connectivity index (χ3n) is 18.4. The van der Waals surface area contributed by atoms with Gasteiger partial charge in [-0.15, -0.1) is 0 Å². The van der Waals surface area contributed by atoms with E-state index >= 15 is 0 Å². The second-order valence-corrected chi connectivity index (χ2v) is 28.9. The van der Waals surface area contributed by atoms with E-state index in [-0.39, 0.29) is 128 Å². The van der Waals surface area contributed by atoms with E-state index in [0.29, 0.717) is 25.7 Å². The summed E-state index contributed by atoms with van der Waals surface area (Å²) in [6.07, 6.45) is -53.7. The first-order chi connectivity index (χ1) is 85.5. The van der Waals surface area contributed by atoms with E-state index in [0.717, 1.165) is 47.6 Å². The molecule has 0 aliphatic carbocycles. The van der Waals surface area contributed by atoms with Crippen LogP contribution in [-0.4, -0.2) is 217 Å². The number of rotatable bonds is 17. The van der Waals surface area contributed by atoms with E-state index in [1.165, 1.54) is 14.2 Å². The number of piperidine rings is 5. The van der Waals surface area contributed by atoms with Crippen molar-refractivity contribution >= 4 is 0 Å². The molecule has 10 heterocycles. The normalized spacial score (nSPS) is 51.5. The summed E-state index contributed by atoms with van der Waals surface area (Å²) >= 11 is 0. The maximum absolute atomic E-state index is 11.6. The van der Waals surface area contributed by atoms with E-state index in [2.05, 4.69) is 0 Å². The molecule has 5 N–H and O–H groups in total. The Morgan fingerprint density at radius 2 is 0.525 bits per heavy atom. The summed E-state index contributed by atoms with van der Waals surface area (Å²) in [5.41, 5.74) is -15.1. The Balaban J connectivity index is 0.000000223. The van der Waals surface area contributed by atoms with Gasteiger partial charge in [-0.2, -0.15) is 0 Å². The van der Waals surface area contributed by atoms with Gasteiger partial charge in [0.25, 0.3) is 0 Å². The topological polar surface area (TPSA) is 210 Å². The van der Waals surface area contributed by atoms with Gasteiger partial charge in [0.05, 0.1) is 137 Å². The number of hydrogen-bond donors (Lipinski definition) is 5. The third-order valence-corrected chi connectivity index (χ3v) is 18.4. The zero-order chi connectivity index (χ0) is 151. The highest BCUT2D eigenvalue weighted by atomic mass is 16.5. The number of aliphatic hydroxyl groups is 5. The van der Waals surface area contributed by atoms with Crippen molar-refractivity contribution in [3.8, 4) is 57.5 Å². The summed E-state index contributed by atoms with van der Waals surface area (Å²) in [5.74, 6) is -23.5. The van der Waals surface area contributed by atoms with Gasteiger partial charge >= 0.3 is 0 Å². The molecule has 0 saturated carbocycles. The van der Waals surface area contributed by atoms with Crippen molar-refractivity contribution in [2.24, 2.45) is 57.6 Å². The number of fused-ring (bicyclic) bond motifs is 15. The van der Waals surface area contributed by atoms with Crippen molar-refractivity contribution in [3.05, 3.63) is 116 Å². The van der Waals surface area contributed by atoms with Crippen LogP contribution in [0.4, 0.5) is 0 Å². The minimum Gasteiger partial charge on any atom is -0.493 e. The fourth-order valence-electron chi connectivity index (χ4n) is 13.3. The molecule has 118 heavy (non-hydrogen) atoms. The lowest BCUT2D eigenvalue weighted by atomic mass is 9.75. The van der Waals surface area contributed by atoms with E-state index in [1.807, 2.05) is 0 Å². The monoisotopic (exact) mass is 1710 g/mol. The zero-order valence-corrected chi connectivity index (χ0v) is 67.7. The lowest BCUT2D eigenvalue weighted by Gasteiger charge is -2.47. The highest BCUT2D eigenvalue weighted by Crippen LogP contribution is 2.51. The Kier molecular flexibility index (Phi) is 12.0. The van der Waals surface area contributed by atoms with Gasteiger partial charge in [-0.1, -0.05) is 89.6 Å². The molecule has 10 aliphatic heterocycles. The van der Waals surface area contributed by atoms with Gasteiger partial charge in [0, 0.05) is 162 Å². The van der Waals surface area contributed by atoms with Crippen LogP contribution in [0.15, 0.2) is 60.4 Å². The van der Waals surface area contributed by atoms with Crippen LogP contribution in [0.2, 0.25) is 0 Å². The van der Waals surface area contributed by atoms with Crippen LogP contribution in [0.5, 0.6) is 57.5 Å². The molecule has 658 valence electrons. The molecule has 15 atom stereocenters. The molecule has 0 spiro atoms. The first kappa shape index (κ1) is 35.4. The molecule has 20 heteroatoms. The Labute approximate surface area is 814 Å². The number of nitrogens with zero attached hydrogens (tertiary/aromatic N) is 5. The molecular weight excluding hydrogens is 1490 g/mol. The highest BCUT2D eigenvalue weighted by Gasteiger charge is 2.46. The van der Waals surface area contributed by atoms with Crippen molar-refractivity contribution in [1.82, 2.24) is 24.5 Å². The minimum atomic E-state index is -4.52. The van der Waals surface area contributed by atoms with Crippen LogP contribution in [0.3, 0.4) is 0 Å². The molecule has 5 saturated heterocycles. The molecule has 5 aromatic carbocycles. The molecule has 15 rings (SSSR count). The highest BCUT2D eigenvalue weighted by molar-refractivity contribution is 5.54. The summed E-state index contributed by atoms with van der Waals surface area (Å²) in [6.45, 7) is -35.5. The molecule has 5 aromatic rings. The average molecular weight is 1710 g/mol. The molecule has 0 aromatic heterocycles. The van der Waals surface area contributed by atoms with Gasteiger partial charge in [0.1, 0.15) is 0 Å². The van der Waals surface area contributed by atoms with Crippen molar-refractivity contribution in [3.63, 3.8) is 0 Å². The van der Waals surface area contributed by atoms with Gasteiger partial charge < -0.3 is 72.9 Å². The fraction of sp³-hybridized carbons (Fsp3) is 0.694. The Bertz CT molecular complexity index is 7620. The van der Waals surface area contributed by atoms with Crippen molar-refractivity contribution in [1.29, 1.82) is 0 Å². The van der Waals surface area contributed by atoms with Crippen LogP contribution in [-0.2, 0) is 32.1 Å². The Morgan fingerprint density at radius 1 is 0.339 bits per heavy atom. The van der Waals surface area contributed by atoms with Gasteiger partial charge in [0.2, 0.25) is 0 Å². The fourth-order valence-corrected chi connectivity index (χ4v) is 13.3. The van der Waals surface area contributed by atoms with Crippen LogP contribution >= 0.6 is 0 Å². The smallest absolute Gasteiger partial charge is 0.161 e. The molecule has 15 unspecified atom stereocenters. The van der Waals surface area contributed by atoms with Gasteiger partial charge in [-0.05, 0) is 270 Å². The summed E-state index contributed by atoms with van der Waals surface area (Å²) < 4.78 is 687. The predicted octanol–water partition coefficient (Wildman–Crippen LogP) is 16.3. The molecule has 5 fully saturated rings. The first-order valence-electron chi connectivity index (χ1n) is 74.5. The van der Waals surface area contributed by atoms with Crippen LogP contribution < -0.4 is 47.4 Å². The molecule has 20 nitrogen and oxygen atoms in total. The quantitative estimate of drug-likeness (QED) is 0.0586. The number of ether oxygens (including phenoxy) is 10. The first-order valence-corrected chi connectivity index (χ1v) is 37.0. The van der Waals surface area contributed by atoms with Crippen molar-refractivity contribution in [2.45, 2.75) is 246 Å². The van der Waals surface area contributed by atoms with Gasteiger partial charge in [-0.25, -0.2) is 0 Å². The van der Waals surface area contributed by atoms with Gasteiger partial charge in [-0.3, -0.25) is 24.5 Å². The van der Waals surface area contributed by atoms with Crippen molar-refractivity contribution in [2.75, 3.05) is 136 Å². The molecule has 0 bridgehead atoms. The number of benzene rings is 5. The third kappa shape index (κ3) is 22.2. The Morgan fingerprint density at radius 3 is 0.712 bits per heavy atom. The van der Waals surface area contributed by atoms with E-state index in [4.69, 9.17) is 143 Å². The summed E-state index contributed by atoms with van der Waals surface area (Å²) in [6, 6.07) is -22.2. The summed E-state index contributed by atoms with van der Waals surface area (Å²) in [5, 5.41) is 57.1. The molecule has 0 radical (unpaired) electrons. The standard InChI is InChI=1S/3C20H31NO3.2C19H29NO3/c3*1-20(2,3)11-14-12-21-7-6-13-8-18(23-4)19(24-5)9-15(13)16(21)10-17(14)22;2*1-12(2)7-14-11-20-6-5-13-8-18(22-3)19(23-4)9-15(13)16(20)10-17(14)21/h3*8-9,14,16-17,22H,6-7,10-12H2,1-5H3;2*8-9,12,14,16-17,21H,5-7,10-11H2,1-4H3/i1D3,2D3,5D3,8D,9D,10D2,11D2,12D2,14D,16D,17D;2*1D3,2D3,8D,9D,10D2,11D2,12D2,14D,16D,17D;4D3,8D,9D,10D2,11D2,14D,16D,17D;8D,9D,10D2,11D2,14D,16D,17D. The van der Waals surface area contributed by atoms with Crippen molar-refractivity contribution < 1.29 is 176 Å². The molecule has 0 amide bonds. The number of methoxy groups -OCH3 is 10. The second kappa shape index (κ2) is 39.9. The minimum absolute atomic E-state index is 0.00912. The largest absolute Gasteiger partial charge is 0.493 e.